The first-order chi connectivity index (χ1) is 8.26. The molecule has 0 saturated heterocycles. The molecule has 0 aliphatic carbocycles. The van der Waals surface area contributed by atoms with E-state index in [9.17, 15) is 0 Å². The van der Waals surface area contributed by atoms with Gasteiger partial charge in [0.25, 0.3) is 0 Å². The van der Waals surface area contributed by atoms with E-state index in [1.807, 2.05) is 30.8 Å². The molecule has 92 valence electrons. The Bertz CT molecular complexity index is 472. The minimum Gasteiger partial charge on any atom is -0.335 e. The maximum atomic E-state index is 4.44. The molecule has 0 bridgehead atoms. The Labute approximate surface area is 107 Å². The highest BCUT2D eigenvalue weighted by molar-refractivity contribution is 7.10. The first-order valence-electron chi connectivity index (χ1n) is 5.97. The fourth-order valence-corrected chi connectivity index (χ4v) is 3.11. The van der Waals surface area contributed by atoms with Crippen LogP contribution in [-0.4, -0.2) is 16.6 Å². The van der Waals surface area contributed by atoms with Crippen molar-refractivity contribution in [3.8, 4) is 0 Å². The van der Waals surface area contributed by atoms with Crippen LogP contribution < -0.4 is 5.32 Å². The molecule has 0 aromatic carbocycles. The van der Waals surface area contributed by atoms with Crippen LogP contribution in [0.15, 0.2) is 23.8 Å². The summed E-state index contributed by atoms with van der Waals surface area (Å²) in [6, 6.07) is 2.54. The Hall–Kier alpha value is -1.13. The predicted molar refractivity (Wildman–Crippen MR) is 72.5 cm³/mol. The number of nitrogens with zero attached hydrogens (tertiary/aromatic N) is 2. The summed E-state index contributed by atoms with van der Waals surface area (Å²) in [5.41, 5.74) is 1.36. The van der Waals surface area contributed by atoms with Gasteiger partial charge in [0.15, 0.2) is 0 Å². The second-order valence-corrected chi connectivity index (χ2v) is 5.09. The molecule has 0 amide bonds. The van der Waals surface area contributed by atoms with E-state index in [0.29, 0.717) is 6.04 Å². The predicted octanol–water partition coefficient (Wildman–Crippen LogP) is 2.78. The lowest BCUT2D eigenvalue weighted by Gasteiger charge is -2.16. The molecule has 17 heavy (non-hydrogen) atoms. The largest absolute Gasteiger partial charge is 0.335 e. The minimum absolute atomic E-state index is 0.364. The lowest BCUT2D eigenvalue weighted by Crippen LogP contribution is -2.20. The van der Waals surface area contributed by atoms with Gasteiger partial charge in [0.05, 0.1) is 0 Å². The Morgan fingerprint density at radius 2 is 2.35 bits per heavy atom. The number of thiophene rings is 1. The lowest BCUT2D eigenvalue weighted by atomic mass is 10.1. The maximum absolute atomic E-state index is 4.44. The van der Waals surface area contributed by atoms with E-state index < -0.39 is 0 Å². The summed E-state index contributed by atoms with van der Waals surface area (Å²) in [6.07, 6.45) is 4.87. The van der Waals surface area contributed by atoms with Gasteiger partial charge in [-0.1, -0.05) is 0 Å². The molecule has 0 saturated carbocycles. The van der Waals surface area contributed by atoms with Gasteiger partial charge in [-0.3, -0.25) is 0 Å². The normalized spacial score (nSPS) is 12.9. The van der Waals surface area contributed by atoms with Crippen molar-refractivity contribution in [3.63, 3.8) is 0 Å². The van der Waals surface area contributed by atoms with Gasteiger partial charge in [0, 0.05) is 36.3 Å². The molecule has 2 aromatic heterocycles. The second kappa shape index (κ2) is 5.47. The summed E-state index contributed by atoms with van der Waals surface area (Å²) in [5.74, 6) is 1.15. The molecule has 2 rings (SSSR count). The van der Waals surface area contributed by atoms with Gasteiger partial charge in [0.2, 0.25) is 0 Å². The SMILES string of the molecule is CCn1ccnc1CC(NC)c1sccc1C. The average Bonchev–Trinajstić information content (AvgIpc) is 2.94. The lowest BCUT2D eigenvalue weighted by molar-refractivity contribution is 0.558. The third-order valence-electron chi connectivity index (χ3n) is 3.10. The number of aryl methyl sites for hydroxylation is 2. The number of aromatic nitrogens is 2. The van der Waals surface area contributed by atoms with Crippen molar-refractivity contribution in [1.29, 1.82) is 0 Å². The summed E-state index contributed by atoms with van der Waals surface area (Å²) in [6.45, 7) is 5.30. The maximum Gasteiger partial charge on any atom is 0.110 e. The van der Waals surface area contributed by atoms with Crippen LogP contribution in [-0.2, 0) is 13.0 Å². The number of hydrogen-bond donors (Lipinski definition) is 1. The molecule has 2 aromatic rings. The summed E-state index contributed by atoms with van der Waals surface area (Å²) >= 11 is 1.82. The van der Waals surface area contributed by atoms with Crippen LogP contribution >= 0.6 is 11.3 Å². The van der Waals surface area contributed by atoms with E-state index >= 15 is 0 Å². The van der Waals surface area contributed by atoms with E-state index in [1.165, 1.54) is 10.4 Å². The Kier molecular flexibility index (Phi) is 3.97. The van der Waals surface area contributed by atoms with Gasteiger partial charge < -0.3 is 9.88 Å². The smallest absolute Gasteiger partial charge is 0.110 e. The van der Waals surface area contributed by atoms with Crippen LogP contribution in [0.1, 0.15) is 29.2 Å². The molecule has 1 atom stereocenters. The highest BCUT2D eigenvalue weighted by Gasteiger charge is 2.16. The highest BCUT2D eigenvalue weighted by atomic mass is 32.1. The topological polar surface area (TPSA) is 29.9 Å². The average molecular weight is 249 g/mol. The summed E-state index contributed by atoms with van der Waals surface area (Å²) < 4.78 is 2.20. The Morgan fingerprint density at radius 1 is 1.53 bits per heavy atom. The highest BCUT2D eigenvalue weighted by Crippen LogP contribution is 2.26. The molecular formula is C13H19N3S. The summed E-state index contributed by atoms with van der Waals surface area (Å²) in [5, 5.41) is 5.55. The van der Waals surface area contributed by atoms with Crippen LogP contribution in [0.3, 0.4) is 0 Å². The number of rotatable bonds is 5. The van der Waals surface area contributed by atoms with Gasteiger partial charge in [-0.15, -0.1) is 11.3 Å². The van der Waals surface area contributed by atoms with Crippen LogP contribution in [0.5, 0.6) is 0 Å². The van der Waals surface area contributed by atoms with Crippen LogP contribution in [0.4, 0.5) is 0 Å². The van der Waals surface area contributed by atoms with Crippen molar-refractivity contribution >= 4 is 11.3 Å². The Balaban J connectivity index is 2.19. The fourth-order valence-electron chi connectivity index (χ4n) is 2.07. The molecule has 0 spiro atoms. The van der Waals surface area contributed by atoms with E-state index in [1.54, 1.807) is 0 Å². The molecule has 0 fully saturated rings. The summed E-state index contributed by atoms with van der Waals surface area (Å²) in [4.78, 5) is 5.86. The number of hydrogen-bond acceptors (Lipinski definition) is 3. The molecule has 3 nitrogen and oxygen atoms in total. The van der Waals surface area contributed by atoms with Crippen molar-refractivity contribution in [2.75, 3.05) is 7.05 Å². The standard InChI is InChI=1S/C13H19N3S/c1-4-16-7-6-15-12(16)9-11(14-3)13-10(2)5-8-17-13/h5-8,11,14H,4,9H2,1-3H3. The van der Waals surface area contributed by atoms with Crippen molar-refractivity contribution in [3.05, 3.63) is 40.1 Å². The minimum atomic E-state index is 0.364. The van der Waals surface area contributed by atoms with Crippen molar-refractivity contribution < 1.29 is 0 Å². The molecule has 2 heterocycles. The van der Waals surface area contributed by atoms with Crippen molar-refractivity contribution in [2.24, 2.45) is 0 Å². The molecule has 0 aliphatic rings. The van der Waals surface area contributed by atoms with E-state index in [0.717, 1.165) is 18.8 Å². The van der Waals surface area contributed by atoms with Crippen LogP contribution in [0.25, 0.3) is 0 Å². The first-order valence-corrected chi connectivity index (χ1v) is 6.85. The number of imidazole rings is 1. The zero-order valence-corrected chi connectivity index (χ0v) is 11.4. The molecule has 1 N–H and O–H groups in total. The van der Waals surface area contributed by atoms with Crippen molar-refractivity contribution in [2.45, 2.75) is 32.9 Å². The van der Waals surface area contributed by atoms with Gasteiger partial charge in [-0.05, 0) is 37.9 Å². The molecule has 0 radical (unpaired) electrons. The molecule has 4 heteroatoms. The molecule has 1 unspecified atom stereocenters. The van der Waals surface area contributed by atoms with E-state index in [-0.39, 0.29) is 0 Å². The van der Waals surface area contributed by atoms with E-state index in [4.69, 9.17) is 0 Å². The second-order valence-electron chi connectivity index (χ2n) is 4.14. The van der Waals surface area contributed by atoms with Gasteiger partial charge in [-0.25, -0.2) is 4.98 Å². The third-order valence-corrected chi connectivity index (χ3v) is 4.23. The monoisotopic (exact) mass is 249 g/mol. The molecule has 0 aliphatic heterocycles. The Morgan fingerprint density at radius 3 is 2.94 bits per heavy atom. The van der Waals surface area contributed by atoms with Gasteiger partial charge in [-0.2, -0.15) is 0 Å². The molecular weight excluding hydrogens is 230 g/mol. The van der Waals surface area contributed by atoms with Crippen LogP contribution in [0.2, 0.25) is 0 Å². The third kappa shape index (κ3) is 2.58. The first kappa shape index (κ1) is 12.3. The van der Waals surface area contributed by atoms with Gasteiger partial charge >= 0.3 is 0 Å². The van der Waals surface area contributed by atoms with Crippen LogP contribution in [0, 0.1) is 6.92 Å². The number of likely N-dealkylation sites (N-methyl/N-ethyl adjacent to an activating group) is 1. The van der Waals surface area contributed by atoms with E-state index in [2.05, 4.69) is 40.2 Å². The zero-order valence-electron chi connectivity index (χ0n) is 10.6. The number of nitrogens with one attached hydrogen (secondary N) is 1. The summed E-state index contributed by atoms with van der Waals surface area (Å²) in [7, 11) is 2.02. The fraction of sp³-hybridized carbons (Fsp3) is 0.462. The zero-order chi connectivity index (χ0) is 12.3. The van der Waals surface area contributed by atoms with Gasteiger partial charge in [0.1, 0.15) is 5.82 Å². The van der Waals surface area contributed by atoms with Crippen molar-refractivity contribution in [1.82, 2.24) is 14.9 Å². The quantitative estimate of drug-likeness (QED) is 0.883.